The van der Waals surface area contributed by atoms with Gasteiger partial charge in [0.05, 0.1) is 16.8 Å². The first-order valence-electron chi connectivity index (χ1n) is 6.04. The number of thioether (sulfide) groups is 1. The smallest absolute Gasteiger partial charge is 0.231 e. The highest BCUT2D eigenvalue weighted by atomic mass is 32.2. The van der Waals surface area contributed by atoms with Crippen molar-refractivity contribution in [3.05, 3.63) is 36.0 Å². The molecule has 3 aromatic heterocycles. The fourth-order valence-electron chi connectivity index (χ4n) is 2.06. The third-order valence-electron chi connectivity index (χ3n) is 2.90. The molecule has 20 heavy (non-hydrogen) atoms. The molecule has 0 aliphatic heterocycles. The van der Waals surface area contributed by atoms with Gasteiger partial charge in [-0.3, -0.25) is 4.40 Å². The van der Waals surface area contributed by atoms with Crippen molar-refractivity contribution in [1.82, 2.24) is 29.8 Å². The lowest BCUT2D eigenvalue weighted by atomic mass is 10.3. The summed E-state index contributed by atoms with van der Waals surface area (Å²) in [6.45, 7) is 1.78. The van der Waals surface area contributed by atoms with E-state index < -0.39 is 0 Å². The Morgan fingerprint density at radius 1 is 1.30 bits per heavy atom. The standard InChI is InChI=1S/C12H10N6OS/c1-7-14-15-10(19-7)6-20-12-17-16-11-13-8-4-2-3-5-9(8)18(11)12/h2-5H,6H2,1H3,(H,13,16). The number of fused-ring (bicyclic) bond motifs is 3. The number of hydrogen-bond donors (Lipinski definition) is 1. The fourth-order valence-corrected chi connectivity index (χ4v) is 2.85. The molecule has 0 aliphatic rings. The van der Waals surface area contributed by atoms with Crippen LogP contribution in [-0.4, -0.2) is 29.8 Å². The lowest BCUT2D eigenvalue weighted by molar-refractivity contribution is 0.485. The summed E-state index contributed by atoms with van der Waals surface area (Å²) in [4.78, 5) is 4.48. The van der Waals surface area contributed by atoms with Gasteiger partial charge in [0, 0.05) is 6.92 Å². The van der Waals surface area contributed by atoms with Crippen LogP contribution < -0.4 is 0 Å². The van der Waals surface area contributed by atoms with E-state index in [0.717, 1.165) is 22.0 Å². The summed E-state index contributed by atoms with van der Waals surface area (Å²) in [5.41, 5.74) is 1.97. The number of imidazole rings is 1. The number of rotatable bonds is 3. The van der Waals surface area contributed by atoms with Crippen molar-refractivity contribution in [1.29, 1.82) is 0 Å². The lowest BCUT2D eigenvalue weighted by Gasteiger charge is -1.96. The van der Waals surface area contributed by atoms with Gasteiger partial charge >= 0.3 is 0 Å². The average Bonchev–Trinajstić information content (AvgIpc) is 3.11. The third kappa shape index (κ3) is 1.76. The Morgan fingerprint density at radius 2 is 2.20 bits per heavy atom. The van der Waals surface area contributed by atoms with E-state index in [1.165, 1.54) is 11.8 Å². The molecule has 4 rings (SSSR count). The normalized spacial score (nSPS) is 11.7. The molecule has 100 valence electrons. The molecular formula is C12H10N6OS. The van der Waals surface area contributed by atoms with Gasteiger partial charge in [-0.2, -0.15) is 0 Å². The third-order valence-corrected chi connectivity index (χ3v) is 3.82. The van der Waals surface area contributed by atoms with Crippen molar-refractivity contribution in [2.45, 2.75) is 17.8 Å². The topological polar surface area (TPSA) is 84.9 Å². The molecule has 7 nitrogen and oxygen atoms in total. The average molecular weight is 286 g/mol. The van der Waals surface area contributed by atoms with Gasteiger partial charge in [-0.05, 0) is 12.1 Å². The summed E-state index contributed by atoms with van der Waals surface area (Å²) in [7, 11) is 0. The van der Waals surface area contributed by atoms with Crippen molar-refractivity contribution in [2.24, 2.45) is 0 Å². The summed E-state index contributed by atoms with van der Waals surface area (Å²) in [6, 6.07) is 7.95. The van der Waals surface area contributed by atoms with Gasteiger partial charge in [-0.1, -0.05) is 23.9 Å². The van der Waals surface area contributed by atoms with Crippen molar-refractivity contribution < 1.29 is 4.42 Å². The second kappa shape index (κ2) is 4.34. The van der Waals surface area contributed by atoms with E-state index in [1.807, 2.05) is 28.7 Å². The first-order valence-corrected chi connectivity index (χ1v) is 7.03. The van der Waals surface area contributed by atoms with Crippen LogP contribution in [0.5, 0.6) is 0 Å². The van der Waals surface area contributed by atoms with Crippen molar-refractivity contribution in [2.75, 3.05) is 0 Å². The molecular weight excluding hydrogens is 276 g/mol. The van der Waals surface area contributed by atoms with E-state index in [4.69, 9.17) is 4.42 Å². The monoisotopic (exact) mass is 286 g/mol. The van der Waals surface area contributed by atoms with Crippen LogP contribution in [0.25, 0.3) is 16.8 Å². The summed E-state index contributed by atoms with van der Waals surface area (Å²) < 4.78 is 7.35. The SMILES string of the molecule is Cc1nnc(CSc2n[nH]c3nc4ccccc4n23)o1. The van der Waals surface area contributed by atoms with E-state index >= 15 is 0 Å². The van der Waals surface area contributed by atoms with Gasteiger partial charge in [0.1, 0.15) is 0 Å². The van der Waals surface area contributed by atoms with Crippen LogP contribution in [-0.2, 0) is 5.75 Å². The summed E-state index contributed by atoms with van der Waals surface area (Å²) in [6.07, 6.45) is 0. The second-order valence-corrected chi connectivity index (χ2v) is 5.21. The molecule has 1 N–H and O–H groups in total. The van der Waals surface area contributed by atoms with Crippen molar-refractivity contribution in [3.63, 3.8) is 0 Å². The number of para-hydroxylation sites is 2. The van der Waals surface area contributed by atoms with E-state index in [9.17, 15) is 0 Å². The van der Waals surface area contributed by atoms with Crippen LogP contribution in [0, 0.1) is 6.92 Å². The second-order valence-electron chi connectivity index (χ2n) is 4.27. The Kier molecular flexibility index (Phi) is 2.49. The molecule has 0 atom stereocenters. The fraction of sp³-hybridized carbons (Fsp3) is 0.167. The van der Waals surface area contributed by atoms with Crippen molar-refractivity contribution >= 4 is 28.6 Å². The number of hydrogen-bond acceptors (Lipinski definition) is 6. The number of nitrogens with one attached hydrogen (secondary N) is 1. The molecule has 1 aromatic carbocycles. The molecule has 0 amide bonds. The number of aromatic nitrogens is 6. The van der Waals surface area contributed by atoms with Crippen LogP contribution in [0.4, 0.5) is 0 Å². The maximum absolute atomic E-state index is 5.36. The highest BCUT2D eigenvalue weighted by Gasteiger charge is 2.13. The first kappa shape index (κ1) is 11.5. The Morgan fingerprint density at radius 3 is 3.05 bits per heavy atom. The zero-order valence-electron chi connectivity index (χ0n) is 10.6. The minimum absolute atomic E-state index is 0.570. The zero-order valence-corrected chi connectivity index (χ0v) is 11.4. The van der Waals surface area contributed by atoms with Crippen LogP contribution in [0.3, 0.4) is 0 Å². The molecule has 3 heterocycles. The van der Waals surface area contributed by atoms with Gasteiger partial charge in [-0.15, -0.1) is 15.3 Å². The van der Waals surface area contributed by atoms with E-state index in [1.54, 1.807) is 6.92 Å². The number of nitrogens with zero attached hydrogens (tertiary/aromatic N) is 5. The van der Waals surface area contributed by atoms with E-state index in [-0.39, 0.29) is 0 Å². The lowest BCUT2D eigenvalue weighted by Crippen LogP contribution is -1.87. The number of H-pyrrole nitrogens is 1. The Hall–Kier alpha value is -2.35. The summed E-state index contributed by atoms with van der Waals surface area (Å²) >= 11 is 1.53. The molecule has 0 saturated carbocycles. The number of aryl methyl sites for hydroxylation is 1. The van der Waals surface area contributed by atoms with Gasteiger partial charge in [-0.25, -0.2) is 10.1 Å². The highest BCUT2D eigenvalue weighted by Crippen LogP contribution is 2.25. The minimum Gasteiger partial charge on any atom is -0.425 e. The highest BCUT2D eigenvalue weighted by molar-refractivity contribution is 7.98. The molecule has 0 unspecified atom stereocenters. The van der Waals surface area contributed by atoms with Crippen LogP contribution in [0.2, 0.25) is 0 Å². The number of benzene rings is 1. The predicted octanol–water partition coefficient (Wildman–Crippen LogP) is 2.19. The largest absolute Gasteiger partial charge is 0.425 e. The molecule has 0 saturated heterocycles. The van der Waals surface area contributed by atoms with E-state index in [2.05, 4.69) is 25.4 Å². The van der Waals surface area contributed by atoms with Crippen LogP contribution >= 0.6 is 11.8 Å². The van der Waals surface area contributed by atoms with Gasteiger partial charge in [0.15, 0.2) is 5.16 Å². The predicted molar refractivity (Wildman–Crippen MR) is 73.4 cm³/mol. The molecule has 0 aliphatic carbocycles. The Bertz CT molecular complexity index is 892. The van der Waals surface area contributed by atoms with Crippen molar-refractivity contribution in [3.8, 4) is 0 Å². The maximum Gasteiger partial charge on any atom is 0.231 e. The Labute approximate surface area is 117 Å². The van der Waals surface area contributed by atoms with Gasteiger partial charge in [0.2, 0.25) is 17.6 Å². The molecule has 0 spiro atoms. The molecule has 0 fully saturated rings. The van der Waals surface area contributed by atoms with E-state index in [0.29, 0.717) is 17.5 Å². The van der Waals surface area contributed by atoms with Crippen LogP contribution in [0.1, 0.15) is 11.8 Å². The maximum atomic E-state index is 5.36. The summed E-state index contributed by atoms with van der Waals surface area (Å²) in [5, 5.41) is 15.8. The van der Waals surface area contributed by atoms with Gasteiger partial charge in [0.25, 0.3) is 0 Å². The quantitative estimate of drug-likeness (QED) is 0.581. The first-order chi connectivity index (χ1) is 9.81. The molecule has 4 aromatic rings. The van der Waals surface area contributed by atoms with Gasteiger partial charge < -0.3 is 4.42 Å². The zero-order chi connectivity index (χ0) is 13.5. The minimum atomic E-state index is 0.570. The Balaban J connectivity index is 1.72. The molecule has 8 heteroatoms. The van der Waals surface area contributed by atoms with Crippen LogP contribution in [0.15, 0.2) is 33.8 Å². The molecule has 0 radical (unpaired) electrons. The summed E-state index contributed by atoms with van der Waals surface area (Å²) in [5.74, 6) is 2.47. The number of aromatic amines is 1. The molecule has 0 bridgehead atoms.